The van der Waals surface area contributed by atoms with Crippen LogP contribution in [0.15, 0.2) is 36.4 Å². The number of carbonyl (C=O) groups excluding carboxylic acids is 1. The van der Waals surface area contributed by atoms with Gasteiger partial charge in [-0.1, -0.05) is 35.3 Å². The Balaban J connectivity index is 2.28. The van der Waals surface area contributed by atoms with Crippen molar-refractivity contribution in [3.8, 4) is 0 Å². The minimum Gasteiger partial charge on any atom is -0.324 e. The van der Waals surface area contributed by atoms with Gasteiger partial charge in [-0.3, -0.25) is 9.10 Å². The molecule has 0 heterocycles. The van der Waals surface area contributed by atoms with Gasteiger partial charge >= 0.3 is 0 Å². The van der Waals surface area contributed by atoms with E-state index < -0.39 is 15.9 Å². The molecule has 0 aliphatic carbocycles. The Hall–Kier alpha value is -1.76. The van der Waals surface area contributed by atoms with Gasteiger partial charge < -0.3 is 5.32 Å². The van der Waals surface area contributed by atoms with Crippen LogP contribution in [0, 0.1) is 13.8 Å². The van der Waals surface area contributed by atoms with Gasteiger partial charge in [-0.15, -0.1) is 0 Å². The molecule has 0 saturated carbocycles. The fraction of sp³-hybridized carbons (Fsp3) is 0.235. The SMILES string of the molecule is Cc1cccc(NC(=O)CN(c2cc(Cl)cc(Cl)c2)S(C)(=O)=O)c1C. The minimum atomic E-state index is -3.70. The molecule has 1 N–H and O–H groups in total. The van der Waals surface area contributed by atoms with Gasteiger partial charge in [0.15, 0.2) is 0 Å². The van der Waals surface area contributed by atoms with Gasteiger partial charge in [-0.25, -0.2) is 8.42 Å². The Morgan fingerprint density at radius 3 is 2.28 bits per heavy atom. The largest absolute Gasteiger partial charge is 0.324 e. The molecule has 0 atom stereocenters. The summed E-state index contributed by atoms with van der Waals surface area (Å²) in [6.07, 6.45) is 1.02. The summed E-state index contributed by atoms with van der Waals surface area (Å²) in [5.41, 5.74) is 2.82. The first-order valence-electron chi connectivity index (χ1n) is 7.38. The van der Waals surface area contributed by atoms with E-state index in [1.807, 2.05) is 26.0 Å². The summed E-state index contributed by atoms with van der Waals surface area (Å²) in [6.45, 7) is 3.43. The molecule has 1 amide bonds. The molecule has 2 rings (SSSR count). The Bertz CT molecular complexity index is 894. The lowest BCUT2D eigenvalue weighted by Crippen LogP contribution is -2.37. The zero-order chi connectivity index (χ0) is 18.8. The summed E-state index contributed by atoms with van der Waals surface area (Å²) in [7, 11) is -3.70. The van der Waals surface area contributed by atoms with Crippen LogP contribution in [0.1, 0.15) is 11.1 Å². The number of amides is 1. The van der Waals surface area contributed by atoms with Crippen LogP contribution in [0.2, 0.25) is 10.0 Å². The first-order valence-corrected chi connectivity index (χ1v) is 9.98. The van der Waals surface area contributed by atoms with E-state index in [1.165, 1.54) is 18.2 Å². The predicted octanol–water partition coefficient (Wildman–Crippen LogP) is 4.01. The average molecular weight is 401 g/mol. The van der Waals surface area contributed by atoms with Crippen molar-refractivity contribution in [1.82, 2.24) is 0 Å². The van der Waals surface area contributed by atoms with Crippen LogP contribution in [0.4, 0.5) is 11.4 Å². The number of halogens is 2. The molecule has 25 heavy (non-hydrogen) atoms. The lowest BCUT2D eigenvalue weighted by Gasteiger charge is -2.22. The monoisotopic (exact) mass is 400 g/mol. The third-order valence-electron chi connectivity index (χ3n) is 3.70. The summed E-state index contributed by atoms with van der Waals surface area (Å²) in [5.74, 6) is -0.463. The molecule has 0 aliphatic rings. The Labute approximate surface area is 157 Å². The van der Waals surface area contributed by atoms with Crippen molar-refractivity contribution in [2.75, 3.05) is 22.4 Å². The van der Waals surface area contributed by atoms with Gasteiger partial charge in [0.1, 0.15) is 6.54 Å². The van der Waals surface area contributed by atoms with E-state index in [0.29, 0.717) is 5.69 Å². The molecular formula is C17H18Cl2N2O3S. The predicted molar refractivity (Wildman–Crippen MR) is 103 cm³/mol. The number of benzene rings is 2. The number of nitrogens with zero attached hydrogens (tertiary/aromatic N) is 1. The highest BCUT2D eigenvalue weighted by Crippen LogP contribution is 2.27. The molecule has 2 aromatic rings. The van der Waals surface area contributed by atoms with Crippen LogP contribution in [-0.4, -0.2) is 27.1 Å². The van der Waals surface area contributed by atoms with Gasteiger partial charge in [-0.2, -0.15) is 0 Å². The van der Waals surface area contributed by atoms with E-state index in [0.717, 1.165) is 21.7 Å². The van der Waals surface area contributed by atoms with E-state index in [1.54, 1.807) is 6.07 Å². The van der Waals surface area contributed by atoms with Crippen molar-refractivity contribution in [2.24, 2.45) is 0 Å². The number of rotatable bonds is 5. The second-order valence-electron chi connectivity index (χ2n) is 5.69. The van der Waals surface area contributed by atoms with Crippen LogP contribution >= 0.6 is 23.2 Å². The second kappa shape index (κ2) is 7.64. The molecule has 0 unspecified atom stereocenters. The minimum absolute atomic E-state index is 0.233. The number of hydrogen-bond acceptors (Lipinski definition) is 3. The number of anilines is 2. The highest BCUT2D eigenvalue weighted by molar-refractivity contribution is 7.92. The van der Waals surface area contributed by atoms with Gasteiger partial charge in [0, 0.05) is 15.7 Å². The van der Waals surface area contributed by atoms with Crippen molar-refractivity contribution >= 4 is 50.5 Å². The van der Waals surface area contributed by atoms with Crippen molar-refractivity contribution < 1.29 is 13.2 Å². The zero-order valence-electron chi connectivity index (χ0n) is 14.0. The smallest absolute Gasteiger partial charge is 0.245 e. The molecule has 0 aliphatic heterocycles. The number of nitrogens with one attached hydrogen (secondary N) is 1. The van der Waals surface area contributed by atoms with Crippen LogP contribution < -0.4 is 9.62 Å². The first kappa shape index (κ1) is 19.6. The van der Waals surface area contributed by atoms with Crippen molar-refractivity contribution in [3.05, 3.63) is 57.6 Å². The summed E-state index contributed by atoms with van der Waals surface area (Å²) in [5, 5.41) is 3.31. The summed E-state index contributed by atoms with van der Waals surface area (Å²) < 4.78 is 25.2. The lowest BCUT2D eigenvalue weighted by molar-refractivity contribution is -0.114. The molecule has 134 valence electrons. The number of sulfonamides is 1. The Kier molecular flexibility index (Phi) is 5.98. The third kappa shape index (κ3) is 5.11. The van der Waals surface area contributed by atoms with Crippen LogP contribution in [0.25, 0.3) is 0 Å². The first-order chi connectivity index (χ1) is 11.6. The highest BCUT2D eigenvalue weighted by Gasteiger charge is 2.22. The third-order valence-corrected chi connectivity index (χ3v) is 5.28. The van der Waals surface area contributed by atoms with Crippen molar-refractivity contribution in [3.63, 3.8) is 0 Å². The summed E-state index contributed by atoms with van der Waals surface area (Å²) >= 11 is 11.9. The molecule has 8 heteroatoms. The van der Waals surface area contributed by atoms with Crippen LogP contribution in [0.3, 0.4) is 0 Å². The summed E-state index contributed by atoms with van der Waals surface area (Å²) in [4.78, 5) is 12.4. The molecule has 5 nitrogen and oxygen atoms in total. The Morgan fingerprint density at radius 2 is 1.72 bits per heavy atom. The number of aryl methyl sites for hydroxylation is 1. The van der Waals surface area contributed by atoms with Gasteiger partial charge in [0.05, 0.1) is 11.9 Å². The molecule has 0 aromatic heterocycles. The molecule has 0 spiro atoms. The molecule has 0 bridgehead atoms. The maximum absolute atomic E-state index is 12.4. The summed E-state index contributed by atoms with van der Waals surface area (Å²) in [6, 6.07) is 9.90. The zero-order valence-corrected chi connectivity index (χ0v) is 16.3. The average Bonchev–Trinajstić information content (AvgIpc) is 2.47. The van der Waals surface area contributed by atoms with E-state index in [2.05, 4.69) is 5.32 Å². The van der Waals surface area contributed by atoms with E-state index in [-0.39, 0.29) is 22.3 Å². The molecular weight excluding hydrogens is 383 g/mol. The van der Waals surface area contributed by atoms with Gasteiger partial charge in [0.2, 0.25) is 15.9 Å². The highest BCUT2D eigenvalue weighted by atomic mass is 35.5. The maximum atomic E-state index is 12.4. The molecule has 0 radical (unpaired) electrons. The molecule has 0 fully saturated rings. The second-order valence-corrected chi connectivity index (χ2v) is 8.47. The molecule has 2 aromatic carbocycles. The normalized spacial score (nSPS) is 11.2. The number of carbonyl (C=O) groups is 1. The van der Waals surface area contributed by atoms with E-state index in [4.69, 9.17) is 23.2 Å². The van der Waals surface area contributed by atoms with Crippen LogP contribution in [-0.2, 0) is 14.8 Å². The molecule has 0 saturated heterocycles. The lowest BCUT2D eigenvalue weighted by atomic mass is 10.1. The fourth-order valence-corrected chi connectivity index (χ4v) is 3.64. The number of hydrogen-bond donors (Lipinski definition) is 1. The van der Waals surface area contributed by atoms with Crippen molar-refractivity contribution in [2.45, 2.75) is 13.8 Å². The topological polar surface area (TPSA) is 66.5 Å². The van der Waals surface area contributed by atoms with Crippen LogP contribution in [0.5, 0.6) is 0 Å². The van der Waals surface area contributed by atoms with Gasteiger partial charge in [0.25, 0.3) is 0 Å². The maximum Gasteiger partial charge on any atom is 0.245 e. The van der Waals surface area contributed by atoms with Crippen molar-refractivity contribution in [1.29, 1.82) is 0 Å². The quantitative estimate of drug-likeness (QED) is 0.823. The van der Waals surface area contributed by atoms with E-state index in [9.17, 15) is 13.2 Å². The fourth-order valence-electron chi connectivity index (χ4n) is 2.29. The standard InChI is InChI=1S/C17H18Cl2N2O3S/c1-11-5-4-6-16(12(11)2)20-17(22)10-21(25(3,23)24)15-8-13(18)7-14(19)9-15/h4-9H,10H2,1-3H3,(H,20,22). The van der Waals surface area contributed by atoms with E-state index >= 15 is 0 Å². The van der Waals surface area contributed by atoms with Gasteiger partial charge in [-0.05, 0) is 49.2 Å². The Morgan fingerprint density at radius 1 is 1.12 bits per heavy atom.